The second-order valence-electron chi connectivity index (χ2n) is 23.2. The van der Waals surface area contributed by atoms with E-state index >= 15 is 0 Å². The van der Waals surface area contributed by atoms with Crippen LogP contribution >= 0.6 is 45.3 Å². The van der Waals surface area contributed by atoms with Gasteiger partial charge in [-0.15, -0.1) is 45.3 Å². The lowest BCUT2D eigenvalue weighted by atomic mass is 9.89. The van der Waals surface area contributed by atoms with Crippen LogP contribution in [0, 0.1) is 35.1 Å². The molecule has 0 saturated carbocycles. The van der Waals surface area contributed by atoms with Gasteiger partial charge in [-0.2, -0.15) is 0 Å². The van der Waals surface area contributed by atoms with E-state index in [4.69, 9.17) is 15.2 Å². The number of nitrogens with zero attached hydrogens (tertiary/aromatic N) is 2. The maximum atomic E-state index is 13.4. The van der Waals surface area contributed by atoms with Gasteiger partial charge < -0.3 is 40.2 Å². The number of halogens is 4. The summed E-state index contributed by atoms with van der Waals surface area (Å²) < 4.78 is 66.7. The number of hydrogen-bond donors (Lipinski definition) is 3. The van der Waals surface area contributed by atoms with Crippen LogP contribution in [0.5, 0.6) is 0 Å². The molecule has 4 aromatic carbocycles. The van der Waals surface area contributed by atoms with E-state index in [1.807, 2.05) is 53.7 Å². The van der Waals surface area contributed by atoms with Crippen LogP contribution in [0.2, 0.25) is 0 Å². The number of methoxy groups -OCH3 is 3. The van der Waals surface area contributed by atoms with Crippen LogP contribution in [-0.4, -0.2) is 80.3 Å². The fraction of sp³-hybridized carbons (Fsp3) is 0.306. The average Bonchev–Trinajstić information content (AvgIpc) is 1.72. The van der Waals surface area contributed by atoms with Crippen molar-refractivity contribution in [3.63, 3.8) is 0 Å². The zero-order valence-corrected chi connectivity index (χ0v) is 57.3. The minimum atomic E-state index is -1.06. The second-order valence-corrected chi connectivity index (χ2v) is 27.4. The van der Waals surface area contributed by atoms with Crippen LogP contribution in [0.25, 0.3) is 41.8 Å². The van der Waals surface area contributed by atoms with Crippen molar-refractivity contribution in [2.45, 2.75) is 112 Å². The van der Waals surface area contributed by atoms with Gasteiger partial charge in [-0.05, 0) is 189 Å². The number of carboxylic acids is 1. The number of nitrogens with two attached hydrogens (primary N) is 1. The molecule has 22 heteroatoms. The third kappa shape index (κ3) is 18.8. The van der Waals surface area contributed by atoms with Gasteiger partial charge >= 0.3 is 23.9 Å². The molecule has 4 heterocycles. The third-order valence-electron chi connectivity index (χ3n) is 15.2. The first-order valence-corrected chi connectivity index (χ1v) is 33.5. The number of carboxylic acid groups (broad SMARTS) is 1. The van der Waals surface area contributed by atoms with Crippen molar-refractivity contribution in [1.82, 2.24) is 0 Å². The standard InChI is InChI=1S/C23H26FNO3S.C22H24FNO3S.C15H16FNO2S.C12H10FNO2S/c1-14(2)25(22(26)17-7-5-15(3)6-8-17)19-13-20(29-21(19)23(27)28-4)16-9-11-18(24)12-10-16;1-13(2)24(21(25)16-6-4-14(3)5-7-16)18-12-19(28-20(18)22(26)27)15-8-10-17(23)11-9-15;1-9(2)17-12-8-13(20-14(12)15(18)19-3)10-4-6-11(16)7-5-10;1-16-12(15)11-9(14)6-10(17-11)7-2-4-8(13)5-3-7/h5,9-14,17H,6-8H2,1-4H3;4,8-13,16H,5-7H2,1-3H3,(H,26,27);4-9,17H,1-3H3;2-6H,14H2,1H3. The highest BCUT2D eigenvalue weighted by molar-refractivity contribution is 7.19. The van der Waals surface area contributed by atoms with Crippen molar-refractivity contribution in [3.05, 3.63) is 187 Å². The molecular weight excluding hydrogens is 1290 g/mol. The average molecular weight is 1360 g/mol. The monoisotopic (exact) mass is 1360 g/mol. The van der Waals surface area contributed by atoms with Crippen LogP contribution in [0.3, 0.4) is 0 Å². The summed E-state index contributed by atoms with van der Waals surface area (Å²) in [6.45, 7) is 15.8. The lowest BCUT2D eigenvalue weighted by Crippen LogP contribution is -2.42. The zero-order valence-electron chi connectivity index (χ0n) is 54.1. The molecular formula is C72H76F4N4O10S4. The Hall–Kier alpha value is -8.70. The van der Waals surface area contributed by atoms with Crippen molar-refractivity contribution in [3.8, 4) is 41.8 Å². The van der Waals surface area contributed by atoms with E-state index in [0.717, 1.165) is 86.0 Å². The quantitative estimate of drug-likeness (QED) is 0.0359. The number of carbonyl (C=O) groups is 6. The third-order valence-corrected chi connectivity index (χ3v) is 19.8. The van der Waals surface area contributed by atoms with Gasteiger partial charge in [-0.3, -0.25) is 9.59 Å². The number of nitrogen functional groups attached to an aromatic ring is 1. The number of esters is 3. The molecule has 2 unspecified atom stereocenters. The molecule has 8 aromatic rings. The molecule has 10 rings (SSSR count). The van der Waals surface area contributed by atoms with Gasteiger partial charge in [-0.1, -0.05) is 71.8 Å². The first-order chi connectivity index (χ1) is 44.7. The number of rotatable bonds is 16. The van der Waals surface area contributed by atoms with Crippen LogP contribution in [0.4, 0.5) is 40.3 Å². The molecule has 0 fully saturated rings. The molecule has 2 amide bonds. The van der Waals surface area contributed by atoms with Crippen molar-refractivity contribution < 1.29 is 65.6 Å². The number of nitrogens with one attached hydrogen (secondary N) is 1. The first kappa shape index (κ1) is 72.7. The van der Waals surface area contributed by atoms with E-state index in [-0.39, 0.29) is 75.9 Å². The molecule has 0 bridgehead atoms. The molecule has 4 aromatic heterocycles. The van der Waals surface area contributed by atoms with E-state index in [1.54, 1.807) is 70.5 Å². The highest BCUT2D eigenvalue weighted by Crippen LogP contribution is 2.43. The fourth-order valence-electron chi connectivity index (χ4n) is 10.3. The van der Waals surface area contributed by atoms with E-state index in [1.165, 1.54) is 115 Å². The van der Waals surface area contributed by atoms with E-state index in [2.05, 4.69) is 36.1 Å². The first-order valence-electron chi connectivity index (χ1n) is 30.3. The van der Waals surface area contributed by atoms with Crippen molar-refractivity contribution in [2.75, 3.05) is 42.2 Å². The number of amides is 2. The summed E-state index contributed by atoms with van der Waals surface area (Å²) in [5.74, 6) is -3.86. The normalized spacial score (nSPS) is 14.2. The van der Waals surface area contributed by atoms with Gasteiger partial charge in [0.25, 0.3) is 0 Å². The Balaban J connectivity index is 0.000000181. The number of aromatic carboxylic acids is 1. The molecule has 0 aliphatic heterocycles. The Labute approximate surface area is 561 Å². The number of ether oxygens (including phenoxy) is 3. The lowest BCUT2D eigenvalue weighted by molar-refractivity contribution is -0.123. The number of hydrogen-bond acceptors (Lipinski definition) is 15. The Morgan fingerprint density at radius 3 is 1.15 bits per heavy atom. The zero-order chi connectivity index (χ0) is 68.7. The molecule has 0 spiro atoms. The number of benzene rings is 4. The predicted molar refractivity (Wildman–Crippen MR) is 370 cm³/mol. The van der Waals surface area contributed by atoms with Gasteiger partial charge in [0, 0.05) is 49.5 Å². The predicted octanol–water partition coefficient (Wildman–Crippen LogP) is 18.7. The number of carbonyl (C=O) groups excluding carboxylic acids is 5. The Morgan fingerprint density at radius 2 is 0.809 bits per heavy atom. The van der Waals surface area contributed by atoms with Crippen LogP contribution in [0.1, 0.15) is 133 Å². The van der Waals surface area contributed by atoms with Gasteiger partial charge in [0.1, 0.15) is 42.8 Å². The van der Waals surface area contributed by atoms with E-state index < -0.39 is 17.9 Å². The summed E-state index contributed by atoms with van der Waals surface area (Å²) in [7, 11) is 4.00. The molecule has 2 atom stereocenters. The molecule has 2 aliphatic rings. The summed E-state index contributed by atoms with van der Waals surface area (Å²) in [5, 5.41) is 13.0. The van der Waals surface area contributed by atoms with Crippen LogP contribution < -0.4 is 20.9 Å². The van der Waals surface area contributed by atoms with Crippen molar-refractivity contribution >= 4 is 104 Å². The highest BCUT2D eigenvalue weighted by Gasteiger charge is 2.34. The number of anilines is 4. The molecule has 0 radical (unpaired) electrons. The van der Waals surface area contributed by atoms with Crippen LogP contribution in [0.15, 0.2) is 145 Å². The Bertz CT molecular complexity index is 4020. The summed E-state index contributed by atoms with van der Waals surface area (Å²) >= 11 is 4.93. The van der Waals surface area contributed by atoms with Crippen molar-refractivity contribution in [2.24, 2.45) is 11.8 Å². The maximum Gasteiger partial charge on any atom is 0.350 e. The summed E-state index contributed by atoms with van der Waals surface area (Å²) in [6, 6.07) is 31.3. The molecule has 94 heavy (non-hydrogen) atoms. The maximum absolute atomic E-state index is 13.4. The Kier molecular flexibility index (Phi) is 25.9. The minimum Gasteiger partial charge on any atom is -0.477 e. The number of allylic oxidation sites excluding steroid dienone is 4. The molecule has 14 nitrogen and oxygen atoms in total. The van der Waals surface area contributed by atoms with Gasteiger partial charge in [-0.25, -0.2) is 36.7 Å². The smallest absolute Gasteiger partial charge is 0.350 e. The molecule has 4 N–H and O–H groups in total. The summed E-state index contributed by atoms with van der Waals surface area (Å²) in [5.41, 5.74) is 13.6. The second kappa shape index (κ2) is 33.4. The molecule has 2 aliphatic carbocycles. The summed E-state index contributed by atoms with van der Waals surface area (Å²) in [6.07, 6.45) is 9.02. The van der Waals surface area contributed by atoms with Crippen molar-refractivity contribution in [1.29, 1.82) is 0 Å². The highest BCUT2D eigenvalue weighted by atomic mass is 32.1. The minimum absolute atomic E-state index is 0.0253. The van der Waals surface area contributed by atoms with E-state index in [9.17, 15) is 51.4 Å². The number of thiophene rings is 4. The van der Waals surface area contributed by atoms with Gasteiger partial charge in [0.05, 0.1) is 44.1 Å². The van der Waals surface area contributed by atoms with Gasteiger partial charge in [0.15, 0.2) is 0 Å². The largest absolute Gasteiger partial charge is 0.477 e. The topological polar surface area (TPSA) is 195 Å². The molecule has 496 valence electrons. The Morgan fingerprint density at radius 1 is 0.489 bits per heavy atom. The fourth-order valence-corrected chi connectivity index (χ4v) is 14.4. The molecule has 0 saturated heterocycles. The lowest BCUT2D eigenvalue weighted by Gasteiger charge is -2.31. The van der Waals surface area contributed by atoms with Crippen LogP contribution in [-0.2, 0) is 23.8 Å². The van der Waals surface area contributed by atoms with E-state index in [0.29, 0.717) is 43.0 Å². The summed E-state index contributed by atoms with van der Waals surface area (Å²) in [4.78, 5) is 82.2. The SMILES string of the molecule is CC1=CCC(C(=O)N(c2cc(-c3ccc(F)cc3)sc2C(=O)O)C(C)C)CC1.COC(=O)c1sc(-c2ccc(F)cc2)cc1N.COC(=O)c1sc(-c2ccc(F)cc2)cc1N(C(=O)C1CC=C(C)CC1)C(C)C.COC(=O)c1sc(-c2ccc(F)cc2)cc1NC(C)C. The van der Waals surface area contributed by atoms with Gasteiger partial charge in [0.2, 0.25) is 11.8 Å².